The Morgan fingerprint density at radius 2 is 1.44 bits per heavy atom. The topological polar surface area (TPSA) is 0 Å². The van der Waals surface area contributed by atoms with Gasteiger partial charge < -0.3 is 24.8 Å². The average Bonchev–Trinajstić information content (AvgIpc) is 3.33. The molecule has 190 valence electrons. The molecule has 0 aliphatic heterocycles. The van der Waals surface area contributed by atoms with Crippen molar-refractivity contribution >= 4 is 3.21 Å². The van der Waals surface area contributed by atoms with Crippen molar-refractivity contribution in [2.45, 2.75) is 72.6 Å². The molecule has 0 amide bonds. The SMILES string of the molecule is CC1=CC(C)(C23CC4CC(CC(C4)C2)C3)C=[C-]1.C[C](C)=[Zr+2].[Cl-].[Cl-].[c-]1cccc2c1Cc1ccccc1-2. The molecule has 0 aromatic heterocycles. The van der Waals surface area contributed by atoms with Crippen molar-refractivity contribution in [1.29, 1.82) is 0 Å². The van der Waals surface area contributed by atoms with Crippen LogP contribution in [0.1, 0.15) is 77.3 Å². The summed E-state index contributed by atoms with van der Waals surface area (Å²) < 4.78 is 1.51. The number of benzene rings is 2. The Morgan fingerprint density at radius 1 is 0.889 bits per heavy atom. The van der Waals surface area contributed by atoms with Crippen molar-refractivity contribution in [2.24, 2.45) is 28.6 Å². The second-order valence-corrected chi connectivity index (χ2v) is 14.5. The molecule has 1 atom stereocenters. The molecule has 4 bridgehead atoms. The second kappa shape index (κ2) is 12.0. The molecule has 3 heteroatoms. The van der Waals surface area contributed by atoms with E-state index >= 15 is 0 Å². The van der Waals surface area contributed by atoms with Gasteiger partial charge in [0.2, 0.25) is 0 Å². The normalized spacial score (nSPS) is 31.4. The third kappa shape index (κ3) is 5.95. The van der Waals surface area contributed by atoms with E-state index in [-0.39, 0.29) is 24.8 Å². The van der Waals surface area contributed by atoms with Crippen LogP contribution in [0.4, 0.5) is 0 Å². The fraction of sp³-hybridized carbons (Fsp3) is 0.485. The smallest absolute Gasteiger partial charge is 0.0253 e. The van der Waals surface area contributed by atoms with Crippen LogP contribution in [0.15, 0.2) is 60.2 Å². The average molecular weight is 597 g/mol. The first-order valence-electron chi connectivity index (χ1n) is 13.2. The predicted octanol–water partition coefficient (Wildman–Crippen LogP) is 2.34. The van der Waals surface area contributed by atoms with Crippen molar-refractivity contribution in [3.63, 3.8) is 0 Å². The maximum atomic E-state index is 3.47. The Labute approximate surface area is 246 Å². The van der Waals surface area contributed by atoms with Crippen LogP contribution >= 0.6 is 0 Å². The van der Waals surface area contributed by atoms with E-state index in [2.05, 4.69) is 88.4 Å². The van der Waals surface area contributed by atoms with Gasteiger partial charge in [-0.15, -0.1) is 5.56 Å². The van der Waals surface area contributed by atoms with Gasteiger partial charge in [0.1, 0.15) is 0 Å². The van der Waals surface area contributed by atoms with E-state index in [0.29, 0.717) is 10.8 Å². The summed E-state index contributed by atoms with van der Waals surface area (Å²) in [6.07, 6.45) is 18.6. The maximum absolute atomic E-state index is 3.47. The molecule has 6 aliphatic carbocycles. The van der Waals surface area contributed by atoms with Gasteiger partial charge in [-0.1, -0.05) is 54.7 Å². The largest absolute Gasteiger partial charge is 1.00 e. The molecular formula is C33H38Cl2Zr-2. The van der Waals surface area contributed by atoms with E-state index in [0.717, 1.165) is 24.2 Å². The molecule has 0 spiro atoms. The van der Waals surface area contributed by atoms with Crippen LogP contribution in [-0.2, 0) is 30.7 Å². The Hall–Kier alpha value is -0.747. The summed E-state index contributed by atoms with van der Waals surface area (Å²) in [4.78, 5) is 0. The van der Waals surface area contributed by atoms with Crippen molar-refractivity contribution in [1.82, 2.24) is 0 Å². The number of rotatable bonds is 1. The monoisotopic (exact) mass is 594 g/mol. The third-order valence-corrected chi connectivity index (χ3v) is 8.91. The molecule has 2 aromatic carbocycles. The molecule has 0 heterocycles. The molecule has 2 aromatic rings. The molecule has 0 radical (unpaired) electrons. The summed E-state index contributed by atoms with van der Waals surface area (Å²) in [7, 11) is 0. The van der Waals surface area contributed by atoms with Gasteiger partial charge in [0.25, 0.3) is 0 Å². The standard InChI is InChI=1S/C17H23.C13H9.C3H6.2ClH.Zr/c1-12-3-4-16(2,8-12)17-9-13-5-14(10-17)7-15(6-13)11-17;1-3-7-12-10(5-1)9-11-6-2-4-8-13(11)12;1-3-2;;;/h4,8,13-15H,5-7,9-11H2,1-2H3;1-5,7-8H,9H2;1-2H3;2*1H;/q2*-1;;;;+2/p-2. The molecule has 0 saturated heterocycles. The first kappa shape index (κ1) is 29.8. The molecule has 0 nitrogen and oxygen atoms in total. The Balaban J connectivity index is 0.000000171. The predicted molar refractivity (Wildman–Crippen MR) is 140 cm³/mol. The molecule has 4 saturated carbocycles. The van der Waals surface area contributed by atoms with Gasteiger partial charge in [0, 0.05) is 0 Å². The first-order valence-corrected chi connectivity index (χ1v) is 14.4. The molecule has 6 aliphatic rings. The van der Waals surface area contributed by atoms with Gasteiger partial charge in [-0.05, 0) is 68.1 Å². The van der Waals surface area contributed by atoms with E-state index in [1.54, 1.807) is 43.5 Å². The van der Waals surface area contributed by atoms with E-state index in [1.165, 1.54) is 50.3 Å². The van der Waals surface area contributed by atoms with E-state index in [1.807, 2.05) is 6.07 Å². The Bertz CT molecular complexity index is 1060. The van der Waals surface area contributed by atoms with E-state index in [9.17, 15) is 0 Å². The minimum atomic E-state index is 0. The summed E-state index contributed by atoms with van der Waals surface area (Å²) in [5.74, 6) is 3.17. The quantitative estimate of drug-likeness (QED) is 0.379. The van der Waals surface area contributed by atoms with Gasteiger partial charge in [-0.2, -0.15) is 35.9 Å². The number of hydrogen-bond donors (Lipinski definition) is 0. The molecule has 0 N–H and O–H groups in total. The molecule has 4 fully saturated rings. The zero-order valence-electron chi connectivity index (χ0n) is 22.1. The van der Waals surface area contributed by atoms with Crippen molar-refractivity contribution in [3.8, 4) is 11.1 Å². The minimum Gasteiger partial charge on any atom is -1.00 e. The molecule has 8 rings (SSSR count). The Morgan fingerprint density at radius 3 is 2.00 bits per heavy atom. The van der Waals surface area contributed by atoms with Gasteiger partial charge in [-0.25, -0.2) is 11.6 Å². The maximum Gasteiger partial charge on any atom is -0.0253 e. The summed E-state index contributed by atoms with van der Waals surface area (Å²) in [6, 6.07) is 18.1. The zero-order chi connectivity index (χ0) is 23.9. The summed E-state index contributed by atoms with van der Waals surface area (Å²) in [5, 5.41) is 0. The van der Waals surface area contributed by atoms with Crippen LogP contribution in [0.2, 0.25) is 0 Å². The second-order valence-electron chi connectivity index (χ2n) is 12.0. The van der Waals surface area contributed by atoms with Gasteiger partial charge in [0.15, 0.2) is 0 Å². The van der Waals surface area contributed by atoms with Gasteiger partial charge in [0.05, 0.1) is 0 Å². The fourth-order valence-electron chi connectivity index (χ4n) is 7.87. The number of halogens is 2. The van der Waals surface area contributed by atoms with Crippen LogP contribution < -0.4 is 24.8 Å². The van der Waals surface area contributed by atoms with E-state index in [4.69, 9.17) is 0 Å². The van der Waals surface area contributed by atoms with Crippen molar-refractivity contribution < 1.29 is 49.0 Å². The number of allylic oxidation sites excluding steroid dienone is 4. The van der Waals surface area contributed by atoms with Crippen LogP contribution in [-0.4, -0.2) is 3.21 Å². The van der Waals surface area contributed by atoms with Crippen LogP contribution in [0.3, 0.4) is 0 Å². The van der Waals surface area contributed by atoms with Gasteiger partial charge in [-0.3, -0.25) is 6.08 Å². The van der Waals surface area contributed by atoms with Crippen LogP contribution in [0, 0.1) is 40.7 Å². The van der Waals surface area contributed by atoms with Gasteiger partial charge >= 0.3 is 41.3 Å². The zero-order valence-corrected chi connectivity index (χ0v) is 26.1. The molecule has 1 unspecified atom stereocenters. The van der Waals surface area contributed by atoms with E-state index < -0.39 is 0 Å². The number of hydrogen-bond acceptors (Lipinski definition) is 0. The minimum absolute atomic E-state index is 0. The number of fused-ring (bicyclic) bond motifs is 3. The van der Waals surface area contributed by atoms with Crippen molar-refractivity contribution in [2.75, 3.05) is 0 Å². The summed E-state index contributed by atoms with van der Waals surface area (Å²) >= 11 is 1.55. The van der Waals surface area contributed by atoms with Crippen LogP contribution in [0.5, 0.6) is 0 Å². The summed E-state index contributed by atoms with van der Waals surface area (Å²) in [5.41, 5.74) is 7.80. The van der Waals surface area contributed by atoms with Crippen molar-refractivity contribution in [3.05, 3.63) is 83.5 Å². The first-order chi connectivity index (χ1) is 16.3. The summed E-state index contributed by atoms with van der Waals surface area (Å²) in [6.45, 7) is 8.93. The molecular weight excluding hydrogens is 558 g/mol. The third-order valence-electron chi connectivity index (χ3n) is 8.91. The van der Waals surface area contributed by atoms with Crippen LogP contribution in [0.25, 0.3) is 11.1 Å². The fourth-order valence-corrected chi connectivity index (χ4v) is 7.87. The Kier molecular flexibility index (Phi) is 9.91. The molecule has 36 heavy (non-hydrogen) atoms.